The molecular weight excluding hydrogens is 580 g/mol. The van der Waals surface area contributed by atoms with Crippen molar-refractivity contribution in [2.75, 3.05) is 7.11 Å². The second-order valence-electron chi connectivity index (χ2n) is 10.6. The molecule has 0 radical (unpaired) electrons. The average Bonchev–Trinajstić information content (AvgIpc) is 3.66. The van der Waals surface area contributed by atoms with Gasteiger partial charge in [-0.15, -0.1) is 0 Å². The van der Waals surface area contributed by atoms with Crippen molar-refractivity contribution >= 4 is 32.8 Å². The Kier molecular flexibility index (Phi) is 8.26. The predicted molar refractivity (Wildman–Crippen MR) is 156 cm³/mol. The third kappa shape index (κ3) is 5.72. The average molecular weight is 612 g/mol. The van der Waals surface area contributed by atoms with Crippen molar-refractivity contribution in [2.45, 2.75) is 55.6 Å². The number of alkyl halides is 2. The number of sulfonamides is 1. The molecule has 1 heterocycles. The highest BCUT2D eigenvalue weighted by atomic mass is 32.2. The lowest BCUT2D eigenvalue weighted by Crippen LogP contribution is -2.45. The van der Waals surface area contributed by atoms with Crippen molar-refractivity contribution in [2.24, 2.45) is 5.73 Å². The highest BCUT2D eigenvalue weighted by Crippen LogP contribution is 2.42. The second kappa shape index (κ2) is 11.8. The minimum Gasteiger partial charge on any atom is -0.496 e. The first-order valence-corrected chi connectivity index (χ1v) is 15.1. The standard InChI is InChI=1S/C31H31F2N3O6S/c1-18-7-3-6-10-27(18)43(39,40)36-28(37)19-11-13-23(26(16-19)41-2)31(34,30(32)33)24-17-35-25-14-12-20(15-22(24)25)29(38)42-21-8-4-5-9-21/h3,6-7,10-17,21,30,35H,4-5,8-9,34H2,1-2H3,(H,36,37). The number of carbonyl (C=O) groups is 2. The zero-order chi connectivity index (χ0) is 30.9. The molecule has 1 saturated carbocycles. The van der Waals surface area contributed by atoms with Gasteiger partial charge in [0.1, 0.15) is 17.4 Å². The normalized spacial score (nSPS) is 15.4. The van der Waals surface area contributed by atoms with E-state index in [-0.39, 0.29) is 44.4 Å². The lowest BCUT2D eigenvalue weighted by molar-refractivity contribution is 0.0318. The molecule has 1 aliphatic rings. The summed E-state index contributed by atoms with van der Waals surface area (Å²) in [5.74, 6) is -1.69. The van der Waals surface area contributed by atoms with Crippen molar-refractivity contribution < 1.29 is 36.3 Å². The first kappa shape index (κ1) is 30.2. The van der Waals surface area contributed by atoms with Crippen LogP contribution in [0.25, 0.3) is 10.9 Å². The summed E-state index contributed by atoms with van der Waals surface area (Å²) in [4.78, 5) is 28.7. The molecule has 1 aromatic heterocycles. The number of methoxy groups -OCH3 is 1. The van der Waals surface area contributed by atoms with E-state index in [1.807, 2.05) is 4.72 Å². The third-order valence-corrected chi connectivity index (χ3v) is 9.29. The van der Waals surface area contributed by atoms with Crippen molar-refractivity contribution in [3.63, 3.8) is 0 Å². The van der Waals surface area contributed by atoms with Crippen LogP contribution in [0.5, 0.6) is 5.75 Å². The number of rotatable bonds is 9. The van der Waals surface area contributed by atoms with Gasteiger partial charge in [0, 0.05) is 33.8 Å². The van der Waals surface area contributed by atoms with Crippen LogP contribution in [0.2, 0.25) is 0 Å². The summed E-state index contributed by atoms with van der Waals surface area (Å²) in [5, 5.41) is 0.289. The van der Waals surface area contributed by atoms with Crippen LogP contribution in [0.3, 0.4) is 0 Å². The van der Waals surface area contributed by atoms with Gasteiger partial charge in [0.05, 0.1) is 17.6 Å². The van der Waals surface area contributed by atoms with Gasteiger partial charge in [0.25, 0.3) is 22.4 Å². The summed E-state index contributed by atoms with van der Waals surface area (Å²) in [5.41, 5.74) is 4.85. The fraction of sp³-hybridized carbons (Fsp3) is 0.290. The van der Waals surface area contributed by atoms with Crippen LogP contribution in [-0.2, 0) is 20.3 Å². The Bertz CT molecular complexity index is 1800. The smallest absolute Gasteiger partial charge is 0.338 e. The van der Waals surface area contributed by atoms with Crippen molar-refractivity contribution in [3.05, 3.63) is 94.7 Å². The van der Waals surface area contributed by atoms with Gasteiger partial charge in [-0.2, -0.15) is 0 Å². The van der Waals surface area contributed by atoms with Gasteiger partial charge in [-0.25, -0.2) is 26.7 Å². The van der Waals surface area contributed by atoms with Gasteiger partial charge in [-0.1, -0.05) is 24.3 Å². The molecule has 1 atom stereocenters. The van der Waals surface area contributed by atoms with Crippen LogP contribution in [-0.4, -0.2) is 44.9 Å². The molecule has 9 nitrogen and oxygen atoms in total. The van der Waals surface area contributed by atoms with Gasteiger partial charge in [0.2, 0.25) is 0 Å². The molecule has 4 aromatic rings. The Labute approximate surface area is 247 Å². The zero-order valence-electron chi connectivity index (χ0n) is 23.5. The summed E-state index contributed by atoms with van der Waals surface area (Å²) in [6, 6.07) is 14.3. The molecule has 226 valence electrons. The van der Waals surface area contributed by atoms with Gasteiger partial charge in [-0.05, 0) is 74.6 Å². The van der Waals surface area contributed by atoms with E-state index in [2.05, 4.69) is 4.98 Å². The summed E-state index contributed by atoms with van der Waals surface area (Å²) >= 11 is 0. The number of aromatic amines is 1. The van der Waals surface area contributed by atoms with Gasteiger partial charge in [0.15, 0.2) is 0 Å². The quantitative estimate of drug-likeness (QED) is 0.222. The number of carbonyl (C=O) groups excluding carboxylic acids is 2. The summed E-state index contributed by atoms with van der Waals surface area (Å²) < 4.78 is 68.6. The van der Waals surface area contributed by atoms with E-state index in [0.717, 1.165) is 31.7 Å². The number of nitrogens with two attached hydrogens (primary N) is 1. The maximum Gasteiger partial charge on any atom is 0.338 e. The topological polar surface area (TPSA) is 141 Å². The molecule has 0 aliphatic heterocycles. The molecular formula is C31H31F2N3O6S. The number of aryl methyl sites for hydroxylation is 1. The molecule has 0 spiro atoms. The Morgan fingerprint density at radius 2 is 1.72 bits per heavy atom. The number of ether oxygens (including phenoxy) is 2. The molecule has 43 heavy (non-hydrogen) atoms. The van der Waals surface area contributed by atoms with Crippen LogP contribution < -0.4 is 15.2 Å². The maximum atomic E-state index is 15.0. The summed E-state index contributed by atoms with van der Waals surface area (Å²) in [7, 11) is -2.99. The molecule has 3 aromatic carbocycles. The van der Waals surface area contributed by atoms with Crippen molar-refractivity contribution in [1.29, 1.82) is 0 Å². The minimum atomic E-state index is -4.22. The second-order valence-corrected chi connectivity index (χ2v) is 12.2. The number of hydrogen-bond donors (Lipinski definition) is 3. The van der Waals surface area contributed by atoms with Gasteiger partial charge in [-0.3, -0.25) is 4.79 Å². The number of amides is 1. The number of nitrogens with one attached hydrogen (secondary N) is 2. The Morgan fingerprint density at radius 1 is 1.02 bits per heavy atom. The predicted octanol–water partition coefficient (Wildman–Crippen LogP) is 5.17. The van der Waals surface area contributed by atoms with Crippen LogP contribution in [0, 0.1) is 6.92 Å². The number of benzene rings is 3. The first-order chi connectivity index (χ1) is 20.5. The third-order valence-electron chi connectivity index (χ3n) is 7.80. The van der Waals surface area contributed by atoms with E-state index in [9.17, 15) is 26.8 Å². The number of esters is 1. The zero-order valence-corrected chi connectivity index (χ0v) is 24.3. The van der Waals surface area contributed by atoms with Crippen LogP contribution in [0.1, 0.15) is 63.1 Å². The lowest BCUT2D eigenvalue weighted by Gasteiger charge is -2.31. The van der Waals surface area contributed by atoms with E-state index >= 15 is 0 Å². The maximum absolute atomic E-state index is 15.0. The molecule has 1 amide bonds. The van der Waals surface area contributed by atoms with E-state index in [0.29, 0.717) is 11.1 Å². The Hall–Kier alpha value is -4.29. The number of halogens is 2. The van der Waals surface area contributed by atoms with Crippen LogP contribution >= 0.6 is 0 Å². The van der Waals surface area contributed by atoms with Gasteiger partial charge < -0.3 is 20.2 Å². The monoisotopic (exact) mass is 611 g/mol. The molecule has 0 saturated heterocycles. The van der Waals surface area contributed by atoms with Crippen LogP contribution in [0.4, 0.5) is 8.78 Å². The van der Waals surface area contributed by atoms with Crippen LogP contribution in [0.15, 0.2) is 71.8 Å². The highest BCUT2D eigenvalue weighted by Gasteiger charge is 2.44. The number of fused-ring (bicyclic) bond motifs is 1. The van der Waals surface area contributed by atoms with Crippen molar-refractivity contribution in [1.82, 2.24) is 9.71 Å². The fourth-order valence-corrected chi connectivity index (χ4v) is 6.69. The van der Waals surface area contributed by atoms with E-state index in [4.69, 9.17) is 15.2 Å². The molecule has 1 aliphatic carbocycles. The largest absolute Gasteiger partial charge is 0.496 e. The molecule has 1 fully saturated rings. The van der Waals surface area contributed by atoms with E-state index < -0.39 is 33.9 Å². The molecule has 1 unspecified atom stereocenters. The fourth-order valence-electron chi connectivity index (χ4n) is 5.46. The van der Waals surface area contributed by atoms with Crippen molar-refractivity contribution in [3.8, 4) is 5.75 Å². The molecule has 5 rings (SSSR count). The lowest BCUT2D eigenvalue weighted by atomic mass is 9.82. The van der Waals surface area contributed by atoms with Gasteiger partial charge >= 0.3 is 5.97 Å². The Balaban J connectivity index is 1.50. The molecule has 4 N–H and O–H groups in total. The summed E-state index contributed by atoms with van der Waals surface area (Å²) in [6.45, 7) is 1.59. The number of H-pyrrole nitrogens is 1. The Morgan fingerprint density at radius 3 is 2.40 bits per heavy atom. The molecule has 0 bridgehead atoms. The first-order valence-electron chi connectivity index (χ1n) is 13.7. The van der Waals surface area contributed by atoms with E-state index in [1.54, 1.807) is 31.2 Å². The molecule has 12 heteroatoms. The SMILES string of the molecule is COc1cc(C(=O)NS(=O)(=O)c2ccccc2C)ccc1C(N)(c1c[nH]c2ccc(C(=O)OC3CCCC3)cc12)C(F)F. The minimum absolute atomic E-state index is 0.00866. The summed E-state index contributed by atoms with van der Waals surface area (Å²) in [6.07, 6.45) is 1.55. The number of hydrogen-bond acceptors (Lipinski definition) is 7. The van der Waals surface area contributed by atoms with E-state index in [1.165, 1.54) is 43.6 Å². The number of aromatic nitrogens is 1. The highest BCUT2D eigenvalue weighted by molar-refractivity contribution is 7.90.